The maximum Gasteiger partial charge on any atom is 0.216 e. The maximum atomic E-state index is 5.89. The van der Waals surface area contributed by atoms with Crippen molar-refractivity contribution < 1.29 is 9.15 Å². The summed E-state index contributed by atoms with van der Waals surface area (Å²) in [6.45, 7) is 2.39. The maximum absolute atomic E-state index is 5.89. The summed E-state index contributed by atoms with van der Waals surface area (Å²) in [5.74, 6) is 3.50. The SMILES string of the molecule is Cc1nc(-c2ccc(-c3cccc(OCc4ccccc4)c3)o2)n[nH]1. The first-order valence-electron chi connectivity index (χ1n) is 8.04. The lowest BCUT2D eigenvalue weighted by Crippen LogP contribution is -1.94. The molecule has 0 unspecified atom stereocenters. The van der Waals surface area contributed by atoms with Crippen LogP contribution >= 0.6 is 0 Å². The molecule has 2 heterocycles. The van der Waals surface area contributed by atoms with Crippen LogP contribution in [0, 0.1) is 6.92 Å². The molecule has 0 aliphatic carbocycles. The Hall–Kier alpha value is -3.34. The summed E-state index contributed by atoms with van der Waals surface area (Å²) in [6, 6.07) is 21.7. The summed E-state index contributed by atoms with van der Waals surface area (Å²) >= 11 is 0. The second-order valence-corrected chi connectivity index (χ2v) is 5.71. The molecule has 0 saturated carbocycles. The summed E-state index contributed by atoms with van der Waals surface area (Å²) in [5.41, 5.74) is 2.08. The number of benzene rings is 2. The Morgan fingerprint density at radius 3 is 2.60 bits per heavy atom. The van der Waals surface area contributed by atoms with E-state index in [1.807, 2.05) is 73.7 Å². The number of nitrogens with one attached hydrogen (secondary N) is 1. The van der Waals surface area contributed by atoms with Crippen molar-refractivity contribution in [2.24, 2.45) is 0 Å². The average molecular weight is 331 g/mol. The summed E-state index contributed by atoms with van der Waals surface area (Å²) < 4.78 is 11.8. The third-order valence-corrected chi connectivity index (χ3v) is 3.79. The molecule has 0 aliphatic heterocycles. The third-order valence-electron chi connectivity index (χ3n) is 3.79. The number of aromatic amines is 1. The summed E-state index contributed by atoms with van der Waals surface area (Å²) in [4.78, 5) is 4.28. The molecule has 0 atom stereocenters. The van der Waals surface area contributed by atoms with E-state index in [1.54, 1.807) is 0 Å². The van der Waals surface area contributed by atoms with Gasteiger partial charge in [-0.15, -0.1) is 0 Å². The topological polar surface area (TPSA) is 63.9 Å². The predicted octanol–water partition coefficient (Wildman–Crippen LogP) is 4.62. The zero-order chi connectivity index (χ0) is 17.1. The van der Waals surface area contributed by atoms with Gasteiger partial charge >= 0.3 is 0 Å². The highest BCUT2D eigenvalue weighted by Gasteiger charge is 2.11. The van der Waals surface area contributed by atoms with Crippen molar-refractivity contribution in [2.45, 2.75) is 13.5 Å². The van der Waals surface area contributed by atoms with Gasteiger partial charge in [-0.2, -0.15) is 5.10 Å². The number of aryl methyl sites for hydroxylation is 1. The molecule has 2 aromatic heterocycles. The smallest absolute Gasteiger partial charge is 0.216 e. The van der Waals surface area contributed by atoms with Crippen LogP contribution in [-0.2, 0) is 6.61 Å². The van der Waals surface area contributed by atoms with E-state index in [-0.39, 0.29) is 0 Å². The first-order valence-corrected chi connectivity index (χ1v) is 8.04. The lowest BCUT2D eigenvalue weighted by molar-refractivity contribution is 0.306. The van der Waals surface area contributed by atoms with Crippen molar-refractivity contribution in [1.29, 1.82) is 0 Å². The lowest BCUT2D eigenvalue weighted by Gasteiger charge is -2.07. The summed E-state index contributed by atoms with van der Waals surface area (Å²) in [6.07, 6.45) is 0. The number of rotatable bonds is 5. The molecule has 0 spiro atoms. The number of aromatic nitrogens is 3. The van der Waals surface area contributed by atoms with E-state index in [0.29, 0.717) is 18.2 Å². The summed E-state index contributed by atoms with van der Waals surface area (Å²) in [7, 11) is 0. The molecule has 5 heteroatoms. The molecule has 0 fully saturated rings. The fourth-order valence-corrected chi connectivity index (χ4v) is 2.55. The molecule has 0 aliphatic rings. The van der Waals surface area contributed by atoms with Crippen LogP contribution in [0.3, 0.4) is 0 Å². The Labute approximate surface area is 145 Å². The van der Waals surface area contributed by atoms with Gasteiger partial charge < -0.3 is 9.15 Å². The van der Waals surface area contributed by atoms with Gasteiger partial charge in [0.05, 0.1) is 0 Å². The van der Waals surface area contributed by atoms with Crippen molar-refractivity contribution in [3.05, 3.63) is 78.1 Å². The van der Waals surface area contributed by atoms with Crippen LogP contribution in [0.15, 0.2) is 71.1 Å². The van der Waals surface area contributed by atoms with Gasteiger partial charge in [0.2, 0.25) is 5.82 Å². The number of H-pyrrole nitrogens is 1. The highest BCUT2D eigenvalue weighted by Crippen LogP contribution is 2.29. The van der Waals surface area contributed by atoms with E-state index >= 15 is 0 Å². The Balaban J connectivity index is 1.52. The second-order valence-electron chi connectivity index (χ2n) is 5.71. The Kier molecular flexibility index (Phi) is 4.04. The average Bonchev–Trinajstić information content (AvgIpc) is 3.30. The largest absolute Gasteiger partial charge is 0.489 e. The molecular weight excluding hydrogens is 314 g/mol. The van der Waals surface area contributed by atoms with Crippen LogP contribution < -0.4 is 4.74 Å². The van der Waals surface area contributed by atoms with Gasteiger partial charge in [0.15, 0.2) is 5.76 Å². The van der Waals surface area contributed by atoms with E-state index in [9.17, 15) is 0 Å². The molecule has 4 rings (SSSR count). The van der Waals surface area contributed by atoms with Crippen LogP contribution in [0.4, 0.5) is 0 Å². The molecule has 4 aromatic rings. The Morgan fingerprint density at radius 2 is 1.80 bits per heavy atom. The van der Waals surface area contributed by atoms with Crippen LogP contribution in [0.25, 0.3) is 22.9 Å². The van der Waals surface area contributed by atoms with E-state index in [2.05, 4.69) is 15.2 Å². The molecule has 0 saturated heterocycles. The highest BCUT2D eigenvalue weighted by atomic mass is 16.5. The van der Waals surface area contributed by atoms with Crippen molar-refractivity contribution >= 4 is 0 Å². The molecule has 0 radical (unpaired) electrons. The zero-order valence-electron chi connectivity index (χ0n) is 13.8. The van der Waals surface area contributed by atoms with E-state index in [0.717, 1.165) is 28.5 Å². The van der Waals surface area contributed by atoms with Crippen molar-refractivity contribution in [3.63, 3.8) is 0 Å². The third kappa shape index (κ3) is 3.45. The molecular formula is C20H17N3O2. The quantitative estimate of drug-likeness (QED) is 0.579. The lowest BCUT2D eigenvalue weighted by atomic mass is 10.1. The van der Waals surface area contributed by atoms with Gasteiger partial charge in [0.25, 0.3) is 0 Å². The Bertz CT molecular complexity index is 973. The first-order chi connectivity index (χ1) is 12.3. The fourth-order valence-electron chi connectivity index (χ4n) is 2.55. The van der Waals surface area contributed by atoms with E-state index < -0.39 is 0 Å². The minimum atomic E-state index is 0.532. The monoisotopic (exact) mass is 331 g/mol. The molecule has 25 heavy (non-hydrogen) atoms. The van der Waals surface area contributed by atoms with Gasteiger partial charge in [0, 0.05) is 5.56 Å². The van der Waals surface area contributed by atoms with E-state index in [1.165, 1.54) is 0 Å². The minimum Gasteiger partial charge on any atom is -0.489 e. The number of hydrogen-bond donors (Lipinski definition) is 1. The first kappa shape index (κ1) is 15.2. The molecule has 5 nitrogen and oxygen atoms in total. The molecule has 0 bridgehead atoms. The highest BCUT2D eigenvalue weighted by molar-refractivity contribution is 5.63. The van der Waals surface area contributed by atoms with Crippen LogP contribution in [0.1, 0.15) is 11.4 Å². The number of ether oxygens (including phenoxy) is 1. The minimum absolute atomic E-state index is 0.532. The standard InChI is InChI=1S/C20H17N3O2/c1-14-21-20(23-22-14)19-11-10-18(25-19)16-8-5-9-17(12-16)24-13-15-6-3-2-4-7-15/h2-12H,13H2,1H3,(H,21,22,23). The van der Waals surface area contributed by atoms with Crippen LogP contribution in [-0.4, -0.2) is 15.2 Å². The van der Waals surface area contributed by atoms with Crippen molar-refractivity contribution in [3.8, 4) is 28.7 Å². The van der Waals surface area contributed by atoms with Crippen molar-refractivity contribution in [2.75, 3.05) is 0 Å². The molecule has 1 N–H and O–H groups in total. The number of furan rings is 1. The fraction of sp³-hybridized carbons (Fsp3) is 0.100. The van der Waals surface area contributed by atoms with Crippen molar-refractivity contribution in [1.82, 2.24) is 15.2 Å². The molecule has 124 valence electrons. The zero-order valence-corrected chi connectivity index (χ0v) is 13.8. The van der Waals surface area contributed by atoms with Crippen LogP contribution in [0.5, 0.6) is 5.75 Å². The van der Waals surface area contributed by atoms with Gasteiger partial charge in [-0.25, -0.2) is 4.98 Å². The molecule has 0 amide bonds. The van der Waals surface area contributed by atoms with Gasteiger partial charge in [-0.05, 0) is 36.8 Å². The predicted molar refractivity (Wildman–Crippen MR) is 95.0 cm³/mol. The van der Waals surface area contributed by atoms with Gasteiger partial charge in [-0.1, -0.05) is 42.5 Å². The van der Waals surface area contributed by atoms with Crippen LogP contribution in [0.2, 0.25) is 0 Å². The summed E-state index contributed by atoms with van der Waals surface area (Å²) in [5, 5.41) is 6.94. The number of nitrogens with zero attached hydrogens (tertiary/aromatic N) is 2. The number of hydrogen-bond acceptors (Lipinski definition) is 4. The molecule has 2 aromatic carbocycles. The Morgan fingerprint density at radius 1 is 0.960 bits per heavy atom. The van der Waals surface area contributed by atoms with E-state index in [4.69, 9.17) is 9.15 Å². The second kappa shape index (κ2) is 6.65. The van der Waals surface area contributed by atoms with Gasteiger partial charge in [-0.3, -0.25) is 5.10 Å². The van der Waals surface area contributed by atoms with Gasteiger partial charge in [0.1, 0.15) is 23.9 Å². The normalized spacial score (nSPS) is 10.8.